The van der Waals surface area contributed by atoms with E-state index in [-0.39, 0.29) is 26.5 Å². The van der Waals surface area contributed by atoms with Crippen LogP contribution in [-0.4, -0.2) is 47.6 Å². The quantitative estimate of drug-likeness (QED) is 0.534. The van der Waals surface area contributed by atoms with E-state index in [1.165, 1.54) is 6.08 Å². The first-order chi connectivity index (χ1) is 10.8. The first-order valence-electron chi connectivity index (χ1n) is 6.90. The Morgan fingerprint density at radius 3 is 2.57 bits per heavy atom. The predicted octanol–water partition coefficient (Wildman–Crippen LogP) is 3.19. The molecule has 8 heteroatoms. The second-order valence-electron chi connectivity index (χ2n) is 5.99. The Balaban J connectivity index is 1.70. The van der Waals surface area contributed by atoms with Crippen LogP contribution >= 0.6 is 40.2 Å². The number of carbonyl (C=O) groups is 1. The molecular formula is C15H14BrClFN3OS. The van der Waals surface area contributed by atoms with Gasteiger partial charge in [0.2, 0.25) is 5.91 Å². The number of allylic oxidation sites excluding steroid dienone is 5. The van der Waals surface area contributed by atoms with Gasteiger partial charge in [0, 0.05) is 37.2 Å². The van der Waals surface area contributed by atoms with Crippen molar-refractivity contribution in [2.45, 2.75) is 0 Å². The molecule has 1 spiro atoms. The fourth-order valence-corrected chi connectivity index (χ4v) is 3.93. The summed E-state index contributed by atoms with van der Waals surface area (Å²) in [7, 11) is 0. The fraction of sp³-hybridized carbons (Fsp3) is 0.333. The molecule has 0 atom stereocenters. The summed E-state index contributed by atoms with van der Waals surface area (Å²) in [6, 6.07) is 0. The Labute approximate surface area is 152 Å². The van der Waals surface area contributed by atoms with E-state index in [2.05, 4.69) is 35.1 Å². The highest BCUT2D eigenvalue weighted by atomic mass is 79.9. The Hall–Kier alpha value is -1.05. The van der Waals surface area contributed by atoms with Gasteiger partial charge in [0.05, 0.1) is 14.5 Å². The fourth-order valence-electron chi connectivity index (χ4n) is 3.10. The molecule has 23 heavy (non-hydrogen) atoms. The van der Waals surface area contributed by atoms with Gasteiger partial charge >= 0.3 is 0 Å². The lowest BCUT2D eigenvalue weighted by Crippen LogP contribution is -2.72. The molecule has 1 aliphatic carbocycles. The maximum absolute atomic E-state index is 14.0. The van der Waals surface area contributed by atoms with Crippen molar-refractivity contribution in [1.29, 1.82) is 5.41 Å². The molecule has 0 saturated carbocycles. The van der Waals surface area contributed by atoms with Crippen LogP contribution < -0.4 is 0 Å². The number of halogens is 3. The van der Waals surface area contributed by atoms with E-state index < -0.39 is 5.83 Å². The maximum Gasteiger partial charge on any atom is 0.245 e. The van der Waals surface area contributed by atoms with Crippen LogP contribution in [0, 0.1) is 10.8 Å². The summed E-state index contributed by atoms with van der Waals surface area (Å²) in [6.45, 7) is 6.31. The number of hydrogen-bond donors (Lipinski definition) is 2. The number of hydrogen-bond acceptors (Lipinski definition) is 4. The van der Waals surface area contributed by atoms with E-state index in [4.69, 9.17) is 17.0 Å². The molecular weight excluding hydrogens is 405 g/mol. The van der Waals surface area contributed by atoms with Crippen molar-refractivity contribution in [3.8, 4) is 0 Å². The van der Waals surface area contributed by atoms with Gasteiger partial charge in [-0.05, 0) is 28.1 Å². The molecule has 122 valence electrons. The van der Waals surface area contributed by atoms with Crippen molar-refractivity contribution in [2.75, 3.05) is 26.2 Å². The third kappa shape index (κ3) is 2.68. The largest absolute Gasteiger partial charge is 0.364 e. The van der Waals surface area contributed by atoms with Gasteiger partial charge in [0.1, 0.15) is 5.71 Å². The molecule has 2 saturated heterocycles. The number of nitrogens with one attached hydrogen (secondary N) is 1. The minimum absolute atomic E-state index is 0.0561. The summed E-state index contributed by atoms with van der Waals surface area (Å²) in [4.78, 5) is 15.2. The van der Waals surface area contributed by atoms with Gasteiger partial charge in [0.15, 0.2) is 5.83 Å². The maximum atomic E-state index is 14.0. The highest BCUT2D eigenvalue weighted by molar-refractivity contribution is 9.12. The van der Waals surface area contributed by atoms with Gasteiger partial charge in [-0.3, -0.25) is 10.2 Å². The van der Waals surface area contributed by atoms with Crippen LogP contribution in [0.3, 0.4) is 0 Å². The number of likely N-dealkylation sites (tertiary alicyclic amines) is 2. The summed E-state index contributed by atoms with van der Waals surface area (Å²) >= 11 is 13.5. The lowest BCUT2D eigenvalue weighted by molar-refractivity contribution is -0.149. The number of amides is 1. The smallest absolute Gasteiger partial charge is 0.245 e. The lowest BCUT2D eigenvalue weighted by atomic mass is 9.73. The van der Waals surface area contributed by atoms with Gasteiger partial charge in [0.25, 0.3) is 0 Å². The van der Waals surface area contributed by atoms with Gasteiger partial charge < -0.3 is 9.80 Å². The van der Waals surface area contributed by atoms with Crippen LogP contribution in [-0.2, 0) is 4.79 Å². The molecule has 1 amide bonds. The van der Waals surface area contributed by atoms with Gasteiger partial charge in [-0.2, -0.15) is 0 Å². The van der Waals surface area contributed by atoms with E-state index in [1.54, 1.807) is 11.0 Å². The standard InChI is InChI=1S/C15H14BrClFN3OS/c1-2-10(22)20-4-15(5-20)6-21(7-15)14(23)8-3-9(17)11(16)12(18)13(8)19/h2-3,19,23H,1,4-7H2/b14-8-,19-13?. The summed E-state index contributed by atoms with van der Waals surface area (Å²) in [5.74, 6) is -0.750. The van der Waals surface area contributed by atoms with Crippen molar-refractivity contribution >= 4 is 51.8 Å². The second kappa shape index (κ2) is 5.79. The Morgan fingerprint density at radius 2 is 2.00 bits per heavy atom. The summed E-state index contributed by atoms with van der Waals surface area (Å²) in [6.07, 6.45) is 2.86. The topological polar surface area (TPSA) is 47.4 Å². The average Bonchev–Trinajstić information content (AvgIpc) is 2.45. The predicted molar refractivity (Wildman–Crippen MR) is 95.5 cm³/mol. The van der Waals surface area contributed by atoms with Crippen LogP contribution in [0.2, 0.25) is 0 Å². The molecule has 3 rings (SSSR count). The van der Waals surface area contributed by atoms with Crippen molar-refractivity contribution < 1.29 is 9.18 Å². The third-order valence-electron chi connectivity index (χ3n) is 4.29. The summed E-state index contributed by atoms with van der Waals surface area (Å²) in [5.41, 5.74) is 0.212. The Kier molecular flexibility index (Phi) is 4.23. The average molecular weight is 419 g/mol. The zero-order chi connectivity index (χ0) is 16.9. The molecule has 0 aromatic rings. The minimum Gasteiger partial charge on any atom is -0.364 e. The van der Waals surface area contributed by atoms with Crippen molar-refractivity contribution in [3.63, 3.8) is 0 Å². The zero-order valence-corrected chi connectivity index (χ0v) is 15.3. The molecule has 2 aliphatic heterocycles. The molecule has 0 aromatic carbocycles. The molecule has 0 bridgehead atoms. The minimum atomic E-state index is -0.694. The van der Waals surface area contributed by atoms with Crippen LogP contribution in [0.15, 0.2) is 44.7 Å². The monoisotopic (exact) mass is 417 g/mol. The normalized spacial score (nSPS) is 25.0. The van der Waals surface area contributed by atoms with E-state index in [0.717, 1.165) is 13.1 Å². The Bertz CT molecular complexity index is 716. The first-order valence-corrected chi connectivity index (χ1v) is 8.51. The van der Waals surface area contributed by atoms with Crippen molar-refractivity contribution in [2.24, 2.45) is 5.41 Å². The van der Waals surface area contributed by atoms with Crippen molar-refractivity contribution in [1.82, 2.24) is 9.80 Å². The van der Waals surface area contributed by atoms with Gasteiger partial charge in [-0.1, -0.05) is 18.2 Å². The molecule has 3 aliphatic rings. The molecule has 0 radical (unpaired) electrons. The first kappa shape index (κ1) is 16.8. The van der Waals surface area contributed by atoms with Crippen LogP contribution in [0.4, 0.5) is 4.39 Å². The van der Waals surface area contributed by atoms with E-state index in [1.807, 2.05) is 4.90 Å². The van der Waals surface area contributed by atoms with Crippen LogP contribution in [0.25, 0.3) is 0 Å². The number of carbonyl (C=O) groups excluding carboxylic acids is 1. The summed E-state index contributed by atoms with van der Waals surface area (Å²) in [5, 5.41) is 8.64. The lowest BCUT2D eigenvalue weighted by Gasteiger charge is -2.60. The Morgan fingerprint density at radius 1 is 1.43 bits per heavy atom. The number of thiol groups is 1. The van der Waals surface area contributed by atoms with E-state index in [9.17, 15) is 9.18 Å². The summed E-state index contributed by atoms with van der Waals surface area (Å²) < 4.78 is 14.1. The highest BCUT2D eigenvalue weighted by Gasteiger charge is 2.53. The molecule has 0 unspecified atom stereocenters. The van der Waals surface area contributed by atoms with Crippen LogP contribution in [0.5, 0.6) is 0 Å². The SMILES string of the molecule is C=CC(=O)N1CC2(C1)CN(/C(S)=C1\C=C(Cl)C(Br)=C(F)C1=N)C2. The van der Waals surface area contributed by atoms with E-state index in [0.29, 0.717) is 23.7 Å². The highest BCUT2D eigenvalue weighted by Crippen LogP contribution is 2.44. The van der Waals surface area contributed by atoms with Crippen LogP contribution in [0.1, 0.15) is 0 Å². The number of rotatable bonds is 2. The van der Waals surface area contributed by atoms with Crippen molar-refractivity contribution in [3.05, 3.63) is 44.7 Å². The van der Waals surface area contributed by atoms with Gasteiger partial charge in [-0.25, -0.2) is 4.39 Å². The molecule has 0 aromatic heterocycles. The number of nitrogens with zero attached hydrogens (tertiary/aromatic N) is 2. The molecule has 1 N–H and O–H groups in total. The third-order valence-corrected chi connectivity index (χ3v) is 6.12. The zero-order valence-electron chi connectivity index (χ0n) is 12.1. The van der Waals surface area contributed by atoms with Gasteiger partial charge in [-0.15, -0.1) is 12.6 Å². The molecule has 4 nitrogen and oxygen atoms in total. The molecule has 2 heterocycles. The molecule has 2 fully saturated rings. The van der Waals surface area contributed by atoms with E-state index >= 15 is 0 Å². The second-order valence-corrected chi connectivity index (χ2v) is 7.61.